The van der Waals surface area contributed by atoms with Crippen molar-refractivity contribution in [3.63, 3.8) is 0 Å². The van der Waals surface area contributed by atoms with Crippen LogP contribution in [0.3, 0.4) is 0 Å². The maximum absolute atomic E-state index is 3.30. The Morgan fingerprint density at radius 3 is 2.25 bits per heavy atom. The van der Waals surface area contributed by atoms with Gasteiger partial charge in [-0.3, -0.25) is 0 Å². The minimum Gasteiger partial charge on any atom is -0.315 e. The average molecular weight is 114 g/mol. The molecule has 0 aromatic heterocycles. The topological polar surface area (TPSA) is 15.3 Å². The first-order valence-corrected chi connectivity index (χ1v) is 3.20. The maximum Gasteiger partial charge on any atom is 0.0206 e. The predicted molar refractivity (Wildman–Crippen MR) is 34.9 cm³/mol. The van der Waals surface area contributed by atoms with E-state index >= 15 is 0 Å². The Hall–Kier alpha value is -0.0800. The van der Waals surface area contributed by atoms with Crippen LogP contribution in [-0.2, 0) is 0 Å². The van der Waals surface area contributed by atoms with Gasteiger partial charge < -0.3 is 10.2 Å². The van der Waals surface area contributed by atoms with Gasteiger partial charge in [-0.2, -0.15) is 0 Å². The van der Waals surface area contributed by atoms with Crippen molar-refractivity contribution in [2.45, 2.75) is 0 Å². The molecule has 2 heteroatoms. The van der Waals surface area contributed by atoms with E-state index in [2.05, 4.69) is 17.3 Å². The molecule has 2 aliphatic heterocycles. The minimum atomic E-state index is 0. The van der Waals surface area contributed by atoms with Crippen LogP contribution in [0, 0.1) is 5.41 Å². The summed E-state index contributed by atoms with van der Waals surface area (Å²) in [6, 6.07) is 0. The molecule has 1 spiro atoms. The third kappa shape index (κ3) is 0.446. The third-order valence-electron chi connectivity index (χ3n) is 2.21. The molecule has 0 saturated carbocycles. The Kier molecular flexibility index (Phi) is 0.746. The standard InChI is InChI=1S/C6H12N2.H2/c1-8-4-6(5-8)2-7-3-6;/h7H,2-5H2,1H3;1H. The molecule has 1 N–H and O–H groups in total. The molecule has 2 aliphatic rings. The van der Waals surface area contributed by atoms with Crippen molar-refractivity contribution in [3.05, 3.63) is 0 Å². The Balaban J connectivity index is 0.000000405. The second kappa shape index (κ2) is 1.25. The molecule has 2 saturated heterocycles. The van der Waals surface area contributed by atoms with Gasteiger partial charge in [0, 0.05) is 33.0 Å². The summed E-state index contributed by atoms with van der Waals surface area (Å²) in [5.74, 6) is 0. The molecule has 0 atom stereocenters. The van der Waals surface area contributed by atoms with E-state index in [1.54, 1.807) is 0 Å². The highest BCUT2D eigenvalue weighted by atomic mass is 15.2. The zero-order valence-electron chi connectivity index (χ0n) is 5.28. The fourth-order valence-electron chi connectivity index (χ4n) is 1.80. The fraction of sp³-hybridized carbons (Fsp3) is 1.00. The van der Waals surface area contributed by atoms with Crippen LogP contribution in [-0.4, -0.2) is 38.1 Å². The predicted octanol–water partition coefficient (Wildman–Crippen LogP) is -0.233. The van der Waals surface area contributed by atoms with Crippen molar-refractivity contribution in [1.82, 2.24) is 10.2 Å². The second-order valence-electron chi connectivity index (χ2n) is 3.28. The lowest BCUT2D eigenvalue weighted by Gasteiger charge is -2.55. The van der Waals surface area contributed by atoms with Gasteiger partial charge in [0.15, 0.2) is 0 Å². The van der Waals surface area contributed by atoms with Crippen molar-refractivity contribution in [3.8, 4) is 0 Å². The summed E-state index contributed by atoms with van der Waals surface area (Å²) in [5, 5.41) is 3.30. The molecule has 0 aliphatic carbocycles. The monoisotopic (exact) mass is 114 g/mol. The van der Waals surface area contributed by atoms with Crippen molar-refractivity contribution in [2.24, 2.45) is 5.41 Å². The summed E-state index contributed by atoms with van der Waals surface area (Å²) in [4.78, 5) is 2.38. The molecule has 0 aromatic carbocycles. The van der Waals surface area contributed by atoms with Crippen molar-refractivity contribution in [2.75, 3.05) is 33.2 Å². The average Bonchev–Trinajstić information content (AvgIpc) is 1.51. The molecule has 48 valence electrons. The lowest BCUT2D eigenvalue weighted by molar-refractivity contribution is -0.0218. The Morgan fingerprint density at radius 1 is 1.50 bits per heavy atom. The quantitative estimate of drug-likeness (QED) is 0.468. The Labute approximate surface area is 51.3 Å². The van der Waals surface area contributed by atoms with E-state index in [1.807, 2.05) is 0 Å². The lowest BCUT2D eigenvalue weighted by Crippen LogP contribution is -2.69. The summed E-state index contributed by atoms with van der Waals surface area (Å²) in [6.07, 6.45) is 0. The van der Waals surface area contributed by atoms with Crippen LogP contribution in [0.25, 0.3) is 0 Å². The highest BCUT2D eigenvalue weighted by Crippen LogP contribution is 2.32. The van der Waals surface area contributed by atoms with Crippen LogP contribution in [0.5, 0.6) is 0 Å². The highest BCUT2D eigenvalue weighted by molar-refractivity contribution is 5.02. The molecule has 2 heterocycles. The van der Waals surface area contributed by atoms with Gasteiger partial charge >= 0.3 is 0 Å². The molecule has 0 unspecified atom stereocenters. The summed E-state index contributed by atoms with van der Waals surface area (Å²) in [5.41, 5.74) is 0.731. The van der Waals surface area contributed by atoms with Crippen LogP contribution < -0.4 is 5.32 Å². The molecule has 0 radical (unpaired) electrons. The number of hydrogen-bond donors (Lipinski definition) is 1. The van der Waals surface area contributed by atoms with Gasteiger partial charge in [-0.1, -0.05) is 0 Å². The van der Waals surface area contributed by atoms with E-state index in [9.17, 15) is 0 Å². The summed E-state index contributed by atoms with van der Waals surface area (Å²) < 4.78 is 0. The molecule has 2 fully saturated rings. The fourth-order valence-corrected chi connectivity index (χ4v) is 1.80. The van der Waals surface area contributed by atoms with Gasteiger partial charge in [0.25, 0.3) is 0 Å². The zero-order chi connectivity index (χ0) is 5.61. The minimum absolute atomic E-state index is 0. The molecular weight excluding hydrogens is 100 g/mol. The highest BCUT2D eigenvalue weighted by Gasteiger charge is 2.45. The van der Waals surface area contributed by atoms with E-state index in [1.165, 1.54) is 26.2 Å². The second-order valence-corrected chi connectivity index (χ2v) is 3.28. The normalized spacial score (nSPS) is 34.1. The molecule has 0 amide bonds. The van der Waals surface area contributed by atoms with E-state index in [4.69, 9.17) is 0 Å². The largest absolute Gasteiger partial charge is 0.315 e. The number of hydrogen-bond acceptors (Lipinski definition) is 2. The van der Waals surface area contributed by atoms with Gasteiger partial charge in [-0.15, -0.1) is 0 Å². The SMILES string of the molecule is CN1CC2(CNC2)C1.[HH]. The number of likely N-dealkylation sites (tertiary alicyclic amines) is 1. The van der Waals surface area contributed by atoms with E-state index in [-0.39, 0.29) is 1.43 Å². The van der Waals surface area contributed by atoms with Gasteiger partial charge in [-0.25, -0.2) is 0 Å². The number of rotatable bonds is 0. The van der Waals surface area contributed by atoms with Crippen LogP contribution in [0.15, 0.2) is 0 Å². The summed E-state index contributed by atoms with van der Waals surface area (Å²) in [7, 11) is 2.18. The van der Waals surface area contributed by atoms with Gasteiger partial charge in [-0.05, 0) is 7.05 Å². The maximum atomic E-state index is 3.30. The van der Waals surface area contributed by atoms with Crippen LogP contribution >= 0.6 is 0 Å². The van der Waals surface area contributed by atoms with Crippen molar-refractivity contribution >= 4 is 0 Å². The first-order valence-electron chi connectivity index (χ1n) is 3.20. The lowest BCUT2D eigenvalue weighted by atomic mass is 9.75. The molecule has 2 nitrogen and oxygen atoms in total. The van der Waals surface area contributed by atoms with Crippen LogP contribution in [0.4, 0.5) is 0 Å². The molecule has 0 aromatic rings. The van der Waals surface area contributed by atoms with Gasteiger partial charge in [0.2, 0.25) is 0 Å². The zero-order valence-corrected chi connectivity index (χ0v) is 5.28. The van der Waals surface area contributed by atoms with Crippen LogP contribution in [0.2, 0.25) is 0 Å². The van der Waals surface area contributed by atoms with E-state index in [0.717, 1.165) is 5.41 Å². The van der Waals surface area contributed by atoms with Crippen molar-refractivity contribution < 1.29 is 1.43 Å². The smallest absolute Gasteiger partial charge is 0.0206 e. The van der Waals surface area contributed by atoms with Crippen molar-refractivity contribution in [1.29, 1.82) is 0 Å². The molecule has 0 bridgehead atoms. The Bertz CT molecular complexity index is 104. The first kappa shape index (κ1) is 4.77. The molecule has 2 rings (SSSR count). The first-order chi connectivity index (χ1) is 3.81. The summed E-state index contributed by atoms with van der Waals surface area (Å²) >= 11 is 0. The number of nitrogens with zero attached hydrogens (tertiary/aromatic N) is 1. The summed E-state index contributed by atoms with van der Waals surface area (Å²) in [6.45, 7) is 5.16. The Morgan fingerprint density at radius 2 is 2.12 bits per heavy atom. The van der Waals surface area contributed by atoms with E-state index < -0.39 is 0 Å². The molecule has 8 heavy (non-hydrogen) atoms. The third-order valence-corrected chi connectivity index (χ3v) is 2.21. The van der Waals surface area contributed by atoms with Gasteiger partial charge in [0.05, 0.1) is 0 Å². The van der Waals surface area contributed by atoms with Crippen LogP contribution in [0.1, 0.15) is 1.43 Å². The van der Waals surface area contributed by atoms with Gasteiger partial charge in [0.1, 0.15) is 0 Å². The molecular formula is C6H14N2. The van der Waals surface area contributed by atoms with E-state index in [0.29, 0.717) is 0 Å². The number of nitrogens with one attached hydrogen (secondary N) is 1.